The van der Waals surface area contributed by atoms with Gasteiger partial charge in [-0.1, -0.05) is 88.6 Å². The summed E-state index contributed by atoms with van der Waals surface area (Å²) < 4.78 is 7.37. The van der Waals surface area contributed by atoms with Gasteiger partial charge in [0, 0.05) is 5.56 Å². The summed E-state index contributed by atoms with van der Waals surface area (Å²) in [6.07, 6.45) is 14.2. The Kier molecular flexibility index (Phi) is 15.8. The summed E-state index contributed by atoms with van der Waals surface area (Å²) in [4.78, 5) is 10.2. The largest absolute Gasteiger partial charge is 1.00 e. The molecular formula is C28H43ClHgN2O3. The van der Waals surface area contributed by atoms with Gasteiger partial charge in [0.1, 0.15) is 6.54 Å². The Labute approximate surface area is 231 Å². The molecule has 0 atom stereocenters. The van der Waals surface area contributed by atoms with Gasteiger partial charge >= 0.3 is 81.8 Å². The summed E-state index contributed by atoms with van der Waals surface area (Å²) in [5, 5.41) is 10.5. The van der Waals surface area contributed by atoms with Gasteiger partial charge in [0.15, 0.2) is 0 Å². The molecule has 1 aliphatic rings. The zero-order valence-corrected chi connectivity index (χ0v) is 28.5. The van der Waals surface area contributed by atoms with Crippen LogP contribution in [-0.4, -0.2) is 30.0 Å². The molecule has 192 valence electrons. The number of nitro benzene ring substituents is 1. The molecule has 35 heavy (non-hydrogen) atoms. The summed E-state index contributed by atoms with van der Waals surface area (Å²) in [6, 6.07) is 14.2. The van der Waals surface area contributed by atoms with E-state index < -0.39 is 25.0 Å². The van der Waals surface area contributed by atoms with Gasteiger partial charge in [0.2, 0.25) is 0 Å². The molecule has 0 radical (unpaired) electrons. The normalized spacial score (nSPS) is 11.3. The minimum absolute atomic E-state index is 0. The van der Waals surface area contributed by atoms with Crippen LogP contribution in [0.4, 0.5) is 5.69 Å². The second kappa shape index (κ2) is 17.3. The number of hydrogen-bond acceptors (Lipinski definition) is 3. The van der Waals surface area contributed by atoms with E-state index in [1.807, 2.05) is 6.92 Å². The Morgan fingerprint density at radius 3 is 1.97 bits per heavy atom. The molecule has 7 heteroatoms. The molecule has 0 saturated carbocycles. The van der Waals surface area contributed by atoms with E-state index in [-0.39, 0.29) is 23.0 Å². The number of nitro groups is 1. The van der Waals surface area contributed by atoms with Gasteiger partial charge in [-0.25, -0.2) is 0 Å². The van der Waals surface area contributed by atoms with Gasteiger partial charge in [-0.15, -0.1) is 0 Å². The van der Waals surface area contributed by atoms with Crippen molar-refractivity contribution in [2.24, 2.45) is 0 Å². The van der Waals surface area contributed by atoms with Gasteiger partial charge in [-0.2, -0.15) is 0 Å². The Hall–Kier alpha value is -1.17. The van der Waals surface area contributed by atoms with Gasteiger partial charge in [-0.05, 0) is 12.8 Å². The Balaban J connectivity index is 0.000000395. The van der Waals surface area contributed by atoms with Crippen molar-refractivity contribution < 1.29 is 49.5 Å². The smallest absolute Gasteiger partial charge is 1.00 e. The van der Waals surface area contributed by atoms with Crippen LogP contribution >= 0.6 is 0 Å². The monoisotopic (exact) mass is 692 g/mol. The fraction of sp³-hybridized carbons (Fsp3) is 0.571. The number of fused-ring (bicyclic) bond motifs is 1. The van der Waals surface area contributed by atoms with Crippen molar-refractivity contribution in [2.45, 2.75) is 84.6 Å². The number of rotatable bonds is 14. The first-order valence-corrected chi connectivity index (χ1v) is 18.1. The van der Waals surface area contributed by atoms with Crippen molar-refractivity contribution in [1.29, 1.82) is 0 Å². The van der Waals surface area contributed by atoms with Crippen LogP contribution in [0.5, 0.6) is 5.75 Å². The minimum Gasteiger partial charge on any atom is -1.00 e. The number of hydrogen-bond donors (Lipinski definition) is 0. The fourth-order valence-corrected chi connectivity index (χ4v) is 9.68. The Morgan fingerprint density at radius 1 is 0.886 bits per heavy atom. The third-order valence-corrected chi connectivity index (χ3v) is 12.0. The molecule has 0 amide bonds. The number of unbranched alkanes of at least 4 members (excludes halogenated alkanes) is 9. The first kappa shape index (κ1) is 31.9. The maximum atomic E-state index is 10.5. The molecule has 0 aromatic heterocycles. The molecule has 0 saturated heterocycles. The molecule has 0 aliphatic carbocycles. The van der Waals surface area contributed by atoms with Gasteiger partial charge in [-0.3, -0.25) is 0 Å². The minimum atomic E-state index is -1.47. The maximum absolute atomic E-state index is 10.5. The maximum Gasteiger partial charge on any atom is -1.00 e. The third-order valence-electron chi connectivity index (χ3n) is 6.56. The van der Waals surface area contributed by atoms with Crippen LogP contribution in [0, 0.1) is 17.0 Å². The molecule has 5 nitrogen and oxygen atoms in total. The van der Waals surface area contributed by atoms with Crippen molar-refractivity contribution in [3.8, 4) is 5.75 Å². The van der Waals surface area contributed by atoms with E-state index >= 15 is 0 Å². The van der Waals surface area contributed by atoms with E-state index in [0.717, 1.165) is 25.4 Å². The topological polar surface area (TPSA) is 52.4 Å². The summed E-state index contributed by atoms with van der Waals surface area (Å²) in [7, 11) is 4.72. The molecule has 0 fully saturated rings. The summed E-state index contributed by atoms with van der Waals surface area (Å²) in [5.41, 5.74) is 2.74. The van der Waals surface area contributed by atoms with Crippen LogP contribution in [-0.2, 0) is 31.6 Å². The van der Waals surface area contributed by atoms with Crippen molar-refractivity contribution in [2.75, 3.05) is 20.6 Å². The van der Waals surface area contributed by atoms with E-state index in [1.165, 1.54) is 76.3 Å². The van der Waals surface area contributed by atoms with Gasteiger partial charge in [0.05, 0.1) is 20.6 Å². The van der Waals surface area contributed by atoms with Crippen LogP contribution in [0.3, 0.4) is 0 Å². The van der Waals surface area contributed by atoms with Crippen molar-refractivity contribution >= 4 is 8.76 Å². The summed E-state index contributed by atoms with van der Waals surface area (Å²) >= 11 is -1.47. The zero-order valence-electron chi connectivity index (χ0n) is 22.2. The second-order valence-electron chi connectivity index (χ2n) is 10.2. The average molecular weight is 692 g/mol. The zero-order chi connectivity index (χ0) is 24.8. The van der Waals surface area contributed by atoms with E-state index in [0.29, 0.717) is 0 Å². The molecule has 2 aromatic rings. The third kappa shape index (κ3) is 12.1. The fourth-order valence-electron chi connectivity index (χ4n) is 4.49. The quantitative estimate of drug-likeness (QED) is 0.0987. The predicted molar refractivity (Wildman–Crippen MR) is 137 cm³/mol. The van der Waals surface area contributed by atoms with Crippen molar-refractivity contribution in [3.05, 3.63) is 63.7 Å². The molecular weight excluding hydrogens is 648 g/mol. The van der Waals surface area contributed by atoms with Crippen LogP contribution in [0.2, 0.25) is 0 Å². The molecule has 0 spiro atoms. The van der Waals surface area contributed by atoms with Crippen LogP contribution in [0.1, 0.15) is 82.3 Å². The molecule has 0 unspecified atom stereocenters. The predicted octanol–water partition coefficient (Wildman–Crippen LogP) is 4.11. The number of benzene rings is 2. The molecule has 1 heterocycles. The average Bonchev–Trinajstić information content (AvgIpc) is 2.77. The van der Waals surface area contributed by atoms with Crippen molar-refractivity contribution in [1.82, 2.24) is 0 Å². The first-order valence-electron chi connectivity index (χ1n) is 13.1. The molecule has 2 aromatic carbocycles. The SMILES string of the molecule is CCCCCCCCCCCC[N+](C)(C)Cc1ccccc1.Cc1ccc([N+](=O)[O-])[c]2c1[O][Hg]2.[Cl-]. The van der Waals surface area contributed by atoms with E-state index in [1.54, 1.807) is 12.1 Å². The van der Waals surface area contributed by atoms with Crippen LogP contribution in [0.25, 0.3) is 0 Å². The standard InChI is InChI=1S/C21H38N.C7H6NO3.ClH.Hg/c1-4-5-6-7-8-9-10-11-12-16-19-22(2,3)20-21-17-14-13-15-18-21;1-5-2-3-6(8(10)11)4-7(5)9;;/h13-15,17-18H,4-12,16,19-20H2,1-3H3;2-3,9H,1H3;1H;/q+1;;;+1/p-2. The van der Waals surface area contributed by atoms with E-state index in [4.69, 9.17) is 2.64 Å². The van der Waals surface area contributed by atoms with Crippen LogP contribution < -0.4 is 18.1 Å². The van der Waals surface area contributed by atoms with Gasteiger partial charge < -0.3 is 16.9 Å². The number of aryl methyl sites for hydroxylation is 1. The first-order chi connectivity index (χ1) is 16.3. The summed E-state index contributed by atoms with van der Waals surface area (Å²) in [6.45, 7) is 6.65. The number of halogens is 1. The number of quaternary nitrogens is 1. The van der Waals surface area contributed by atoms with Crippen molar-refractivity contribution in [3.63, 3.8) is 0 Å². The molecule has 0 N–H and O–H groups in total. The Bertz CT molecular complexity index is 878. The van der Waals surface area contributed by atoms with Gasteiger partial charge in [0.25, 0.3) is 0 Å². The molecule has 0 bridgehead atoms. The van der Waals surface area contributed by atoms with Crippen LogP contribution in [0.15, 0.2) is 42.5 Å². The second-order valence-corrected chi connectivity index (χ2v) is 15.2. The Morgan fingerprint density at radius 2 is 1.46 bits per heavy atom. The number of nitrogens with zero attached hydrogens (tertiary/aromatic N) is 2. The van der Waals surface area contributed by atoms with E-state index in [2.05, 4.69) is 51.4 Å². The van der Waals surface area contributed by atoms with E-state index in [9.17, 15) is 10.1 Å². The molecule has 1 aliphatic heterocycles. The molecule has 3 rings (SSSR count). The summed E-state index contributed by atoms with van der Waals surface area (Å²) in [5.74, 6) is 0.783.